The third-order valence-corrected chi connectivity index (χ3v) is 10.6. The van der Waals surface area contributed by atoms with E-state index in [9.17, 15) is 0 Å². The molecule has 4 heterocycles. The molecule has 4 aromatic heterocycles. The Bertz CT molecular complexity index is 3160. The number of hydrogen-bond acceptors (Lipinski definition) is 4. The normalized spacial score (nSPS) is 11.6. The van der Waals surface area contributed by atoms with E-state index in [0.29, 0.717) is 17.5 Å². The lowest BCUT2D eigenvalue weighted by Crippen LogP contribution is -2.01. The van der Waals surface area contributed by atoms with Crippen LogP contribution in [0.1, 0.15) is 0 Å². The standard InChI is InChI=1S/C50H32N6/c1-4-14-33(15-5-1)48-52-49(34-16-6-2-7-17-34)54-50(53-48)37-26-29-47(51-32-37)56-44-23-13-10-20-39(44)41-27-24-36(31-46(41)56)35-25-28-45-42(30-35)40-21-11-12-22-43(40)55(45)38-18-8-3-9-19-38/h1-32H. The minimum absolute atomic E-state index is 0.574. The van der Waals surface area contributed by atoms with Gasteiger partial charge in [-0.3, -0.25) is 4.57 Å². The van der Waals surface area contributed by atoms with Crippen LogP contribution in [0.5, 0.6) is 0 Å². The molecule has 0 atom stereocenters. The molecule has 11 aromatic rings. The van der Waals surface area contributed by atoms with Gasteiger partial charge in [0.25, 0.3) is 0 Å². The third kappa shape index (κ3) is 5.27. The van der Waals surface area contributed by atoms with Crippen LogP contribution in [0.2, 0.25) is 0 Å². The molecular weight excluding hydrogens is 685 g/mol. The number of rotatable bonds is 6. The highest BCUT2D eigenvalue weighted by Crippen LogP contribution is 2.38. The number of nitrogens with zero attached hydrogens (tertiary/aromatic N) is 6. The van der Waals surface area contributed by atoms with Gasteiger partial charge < -0.3 is 4.57 Å². The van der Waals surface area contributed by atoms with Gasteiger partial charge in [0.1, 0.15) is 5.82 Å². The molecule has 11 rings (SSSR count). The molecule has 0 bridgehead atoms. The zero-order valence-corrected chi connectivity index (χ0v) is 30.2. The van der Waals surface area contributed by atoms with Gasteiger partial charge in [0.2, 0.25) is 0 Å². The predicted octanol–water partition coefficient (Wildman–Crippen LogP) is 12.1. The van der Waals surface area contributed by atoms with E-state index in [0.717, 1.165) is 50.4 Å². The summed E-state index contributed by atoms with van der Waals surface area (Å²) in [7, 11) is 0. The van der Waals surface area contributed by atoms with Crippen LogP contribution in [0.25, 0.3) is 100 Å². The van der Waals surface area contributed by atoms with E-state index in [-0.39, 0.29) is 0 Å². The van der Waals surface area contributed by atoms with Crippen LogP contribution in [0, 0.1) is 0 Å². The first-order valence-corrected chi connectivity index (χ1v) is 18.7. The van der Waals surface area contributed by atoms with Crippen molar-refractivity contribution < 1.29 is 0 Å². The van der Waals surface area contributed by atoms with Gasteiger partial charge in [-0.05, 0) is 65.7 Å². The van der Waals surface area contributed by atoms with Crippen molar-refractivity contribution in [3.63, 3.8) is 0 Å². The van der Waals surface area contributed by atoms with Crippen LogP contribution in [-0.4, -0.2) is 29.1 Å². The fourth-order valence-corrected chi connectivity index (χ4v) is 7.99. The maximum atomic E-state index is 5.07. The van der Waals surface area contributed by atoms with Crippen molar-refractivity contribution in [3.05, 3.63) is 194 Å². The molecule has 262 valence electrons. The second kappa shape index (κ2) is 13.0. The first-order chi connectivity index (χ1) is 27.8. The van der Waals surface area contributed by atoms with Gasteiger partial charge in [0.05, 0.1) is 22.1 Å². The molecule has 0 amide bonds. The van der Waals surface area contributed by atoms with E-state index in [1.54, 1.807) is 0 Å². The summed E-state index contributed by atoms with van der Waals surface area (Å²) >= 11 is 0. The summed E-state index contributed by atoms with van der Waals surface area (Å²) in [5.41, 5.74) is 10.7. The van der Waals surface area contributed by atoms with E-state index in [1.165, 1.54) is 32.6 Å². The van der Waals surface area contributed by atoms with Crippen LogP contribution < -0.4 is 0 Å². The second-order valence-corrected chi connectivity index (χ2v) is 13.9. The summed E-state index contributed by atoms with van der Waals surface area (Å²) in [6.07, 6.45) is 1.87. The lowest BCUT2D eigenvalue weighted by Gasteiger charge is -2.11. The van der Waals surface area contributed by atoms with Crippen molar-refractivity contribution in [2.75, 3.05) is 0 Å². The number of pyridine rings is 1. The summed E-state index contributed by atoms with van der Waals surface area (Å²) in [6.45, 7) is 0. The molecule has 56 heavy (non-hydrogen) atoms. The van der Waals surface area contributed by atoms with E-state index in [1.807, 2.05) is 66.9 Å². The van der Waals surface area contributed by atoms with Crippen molar-refractivity contribution in [3.8, 4) is 56.8 Å². The molecular formula is C50H32N6. The number of para-hydroxylation sites is 3. The Balaban J connectivity index is 1.03. The molecule has 0 aliphatic heterocycles. The molecule has 0 saturated carbocycles. The lowest BCUT2D eigenvalue weighted by atomic mass is 10.0. The zero-order valence-electron chi connectivity index (χ0n) is 30.2. The van der Waals surface area contributed by atoms with Gasteiger partial charge in [0.15, 0.2) is 17.5 Å². The topological polar surface area (TPSA) is 61.4 Å². The second-order valence-electron chi connectivity index (χ2n) is 13.9. The summed E-state index contributed by atoms with van der Waals surface area (Å²) in [4.78, 5) is 19.8. The highest BCUT2D eigenvalue weighted by atomic mass is 15.1. The Morgan fingerprint density at radius 3 is 1.43 bits per heavy atom. The average molecular weight is 717 g/mol. The van der Waals surface area contributed by atoms with Crippen molar-refractivity contribution in [2.24, 2.45) is 0 Å². The van der Waals surface area contributed by atoms with E-state index < -0.39 is 0 Å². The molecule has 0 radical (unpaired) electrons. The van der Waals surface area contributed by atoms with E-state index in [2.05, 4.69) is 137 Å². The fourth-order valence-electron chi connectivity index (χ4n) is 7.99. The SMILES string of the molecule is c1ccc(-c2nc(-c3ccccc3)nc(-c3ccc(-n4c5ccccc5c5ccc(-c6ccc7c(c6)c6ccccc6n7-c6ccccc6)cc54)nc3)n2)cc1. The van der Waals surface area contributed by atoms with Gasteiger partial charge >= 0.3 is 0 Å². The number of aromatic nitrogens is 6. The Hall–Kier alpha value is -7.70. The molecule has 6 heteroatoms. The van der Waals surface area contributed by atoms with Gasteiger partial charge in [-0.15, -0.1) is 0 Å². The van der Waals surface area contributed by atoms with Crippen molar-refractivity contribution in [1.29, 1.82) is 0 Å². The fraction of sp³-hybridized carbons (Fsp3) is 0. The largest absolute Gasteiger partial charge is 0.309 e. The molecule has 0 spiro atoms. The zero-order chi connectivity index (χ0) is 37.0. The monoisotopic (exact) mass is 716 g/mol. The highest BCUT2D eigenvalue weighted by molar-refractivity contribution is 6.12. The molecule has 0 unspecified atom stereocenters. The average Bonchev–Trinajstić information content (AvgIpc) is 3.79. The van der Waals surface area contributed by atoms with Crippen LogP contribution in [-0.2, 0) is 0 Å². The maximum Gasteiger partial charge on any atom is 0.165 e. The van der Waals surface area contributed by atoms with Crippen LogP contribution in [0.3, 0.4) is 0 Å². The van der Waals surface area contributed by atoms with Gasteiger partial charge in [-0.2, -0.15) is 0 Å². The molecule has 0 fully saturated rings. The molecule has 0 N–H and O–H groups in total. The van der Waals surface area contributed by atoms with Crippen molar-refractivity contribution >= 4 is 43.6 Å². The van der Waals surface area contributed by atoms with Crippen molar-refractivity contribution in [2.45, 2.75) is 0 Å². The minimum Gasteiger partial charge on any atom is -0.309 e. The van der Waals surface area contributed by atoms with E-state index in [4.69, 9.17) is 19.9 Å². The molecule has 0 saturated heterocycles. The van der Waals surface area contributed by atoms with E-state index >= 15 is 0 Å². The lowest BCUT2D eigenvalue weighted by molar-refractivity contribution is 1.05. The minimum atomic E-state index is 0.574. The molecule has 7 aromatic carbocycles. The maximum absolute atomic E-state index is 5.07. The quantitative estimate of drug-likeness (QED) is 0.172. The Morgan fingerprint density at radius 1 is 0.304 bits per heavy atom. The highest BCUT2D eigenvalue weighted by Gasteiger charge is 2.18. The van der Waals surface area contributed by atoms with Gasteiger partial charge in [-0.1, -0.05) is 133 Å². The number of fused-ring (bicyclic) bond motifs is 6. The summed E-state index contributed by atoms with van der Waals surface area (Å²) < 4.78 is 4.61. The summed E-state index contributed by atoms with van der Waals surface area (Å²) in [5.74, 6) is 2.64. The summed E-state index contributed by atoms with van der Waals surface area (Å²) in [6, 6.07) is 65.6. The molecule has 0 aliphatic carbocycles. The van der Waals surface area contributed by atoms with Gasteiger partial charge in [-0.25, -0.2) is 19.9 Å². The molecule has 0 aliphatic rings. The van der Waals surface area contributed by atoms with Gasteiger partial charge in [0, 0.05) is 50.1 Å². The number of hydrogen-bond donors (Lipinski definition) is 0. The van der Waals surface area contributed by atoms with Crippen LogP contribution in [0.15, 0.2) is 194 Å². The third-order valence-electron chi connectivity index (χ3n) is 10.6. The number of benzene rings is 7. The van der Waals surface area contributed by atoms with Crippen molar-refractivity contribution in [1.82, 2.24) is 29.1 Å². The first-order valence-electron chi connectivity index (χ1n) is 18.7. The predicted molar refractivity (Wildman–Crippen MR) is 228 cm³/mol. The summed E-state index contributed by atoms with van der Waals surface area (Å²) in [5, 5.41) is 4.81. The Kier molecular flexibility index (Phi) is 7.38. The Morgan fingerprint density at radius 2 is 0.786 bits per heavy atom. The first kappa shape index (κ1) is 31.8. The Labute approximate surface area is 322 Å². The molecule has 6 nitrogen and oxygen atoms in total. The van der Waals surface area contributed by atoms with Crippen LogP contribution >= 0.6 is 0 Å². The van der Waals surface area contributed by atoms with Crippen LogP contribution in [0.4, 0.5) is 0 Å². The smallest absolute Gasteiger partial charge is 0.165 e.